The van der Waals surface area contributed by atoms with Crippen LogP contribution >= 0.6 is 23.6 Å². The highest BCUT2D eigenvalue weighted by Gasteiger charge is 2.20. The first-order chi connectivity index (χ1) is 18.0. The molecule has 2 aromatic carbocycles. The van der Waals surface area contributed by atoms with Crippen LogP contribution in [0, 0.1) is 0 Å². The number of esters is 1. The number of carbonyl (C=O) groups excluding carboxylic acids is 1. The Morgan fingerprint density at radius 2 is 1.74 bits per heavy atom. The molecule has 1 heterocycles. The Labute approximate surface area is 234 Å². The van der Waals surface area contributed by atoms with Crippen molar-refractivity contribution in [2.45, 2.75) is 32.3 Å². The molecule has 0 bridgehead atoms. The van der Waals surface area contributed by atoms with E-state index < -0.39 is 0 Å². The summed E-state index contributed by atoms with van der Waals surface area (Å²) in [6.45, 7) is 7.38. The molecule has 3 rings (SSSR count). The Balaban J connectivity index is 1.59. The highest BCUT2D eigenvalue weighted by molar-refractivity contribution is 7.80. The van der Waals surface area contributed by atoms with Gasteiger partial charge in [0.15, 0.2) is 0 Å². The van der Waals surface area contributed by atoms with Crippen LogP contribution in [-0.2, 0) is 14.9 Å². The van der Waals surface area contributed by atoms with Crippen LogP contribution in [0.25, 0.3) is 0 Å². The molecule has 7 nitrogen and oxygen atoms in total. The van der Waals surface area contributed by atoms with Crippen LogP contribution in [0.4, 0.5) is 11.4 Å². The third kappa shape index (κ3) is 7.69. The molecule has 0 N–H and O–H groups in total. The second-order valence-corrected chi connectivity index (χ2v) is 11.1. The number of methoxy groups -OCH3 is 2. The van der Waals surface area contributed by atoms with Crippen molar-refractivity contribution in [3.05, 3.63) is 70.4 Å². The van der Waals surface area contributed by atoms with Crippen LogP contribution in [0.1, 0.15) is 36.0 Å². The highest BCUT2D eigenvalue weighted by atomic mass is 32.1. The third-order valence-corrected chi connectivity index (χ3v) is 7.32. The Morgan fingerprint density at radius 3 is 2.37 bits per heavy atom. The van der Waals surface area contributed by atoms with Crippen LogP contribution in [0.3, 0.4) is 0 Å². The largest absolute Gasteiger partial charge is 0.491 e. The molecule has 0 fully saturated rings. The second-order valence-electron chi connectivity index (χ2n) is 9.87. The molecule has 1 aromatic heterocycles. The SMILES string of the molecule is COC(=O)c1sccc1N(C)CC(COc1cccc(N(C)C(=S)Oc2ccc(C(C)(C)C)cc2)c1)OC. The molecule has 0 radical (unpaired) electrons. The van der Waals surface area contributed by atoms with Gasteiger partial charge in [0.05, 0.1) is 12.8 Å². The van der Waals surface area contributed by atoms with E-state index in [9.17, 15) is 4.79 Å². The lowest BCUT2D eigenvalue weighted by Gasteiger charge is -2.25. The number of hydrogen-bond acceptors (Lipinski definition) is 8. The number of benzene rings is 2. The predicted octanol–water partition coefficient (Wildman–Crippen LogP) is 6.16. The van der Waals surface area contributed by atoms with Gasteiger partial charge in [-0.3, -0.25) is 0 Å². The summed E-state index contributed by atoms with van der Waals surface area (Å²) in [5, 5.41) is 2.20. The number of anilines is 2. The van der Waals surface area contributed by atoms with Crippen molar-refractivity contribution in [1.82, 2.24) is 0 Å². The Morgan fingerprint density at radius 1 is 1.03 bits per heavy atom. The number of likely N-dealkylation sites (N-methyl/N-ethyl adjacent to an activating group) is 1. The number of nitrogens with zero attached hydrogens (tertiary/aromatic N) is 2. The molecule has 0 saturated carbocycles. The summed E-state index contributed by atoms with van der Waals surface area (Å²) in [5.74, 6) is 1.02. The van der Waals surface area contributed by atoms with Gasteiger partial charge in [-0.1, -0.05) is 39.0 Å². The topological polar surface area (TPSA) is 60.5 Å². The van der Waals surface area contributed by atoms with E-state index in [2.05, 4.69) is 32.9 Å². The van der Waals surface area contributed by atoms with Crippen molar-refractivity contribution in [1.29, 1.82) is 0 Å². The maximum atomic E-state index is 12.0. The zero-order valence-electron chi connectivity index (χ0n) is 23.0. The van der Waals surface area contributed by atoms with Crippen LogP contribution in [0.2, 0.25) is 0 Å². The number of hydrogen-bond donors (Lipinski definition) is 0. The third-order valence-electron chi connectivity index (χ3n) is 6.08. The highest BCUT2D eigenvalue weighted by Crippen LogP contribution is 2.28. The molecular weight excluding hydrogens is 520 g/mol. The molecule has 3 aromatic rings. The number of ether oxygens (including phenoxy) is 4. The van der Waals surface area contributed by atoms with Gasteiger partial charge in [-0.05, 0) is 58.9 Å². The maximum absolute atomic E-state index is 12.0. The van der Waals surface area contributed by atoms with Gasteiger partial charge in [0.2, 0.25) is 0 Å². The number of thiocarbonyl (C=S) groups is 1. The Kier molecular flexibility index (Phi) is 10.1. The zero-order valence-corrected chi connectivity index (χ0v) is 24.7. The standard InChI is InChI=1S/C29H36N2O5S2/c1-29(2,3)20-11-13-22(14-12-20)36-28(37)31(5)21-9-8-10-23(17-21)35-19-24(33-6)18-30(4)25-15-16-38-26(25)27(32)34-7/h8-17,24H,18-19H2,1-7H3. The summed E-state index contributed by atoms with van der Waals surface area (Å²) in [7, 11) is 6.79. The fourth-order valence-electron chi connectivity index (χ4n) is 3.72. The molecule has 0 saturated heterocycles. The summed E-state index contributed by atoms with van der Waals surface area (Å²) in [4.78, 5) is 16.4. The molecule has 0 aliphatic rings. The molecule has 0 spiro atoms. The van der Waals surface area contributed by atoms with Gasteiger partial charge in [0, 0.05) is 39.5 Å². The smallest absolute Gasteiger partial charge is 0.350 e. The number of carbonyl (C=O) groups is 1. The van der Waals surface area contributed by atoms with E-state index in [1.807, 2.05) is 66.8 Å². The fourth-order valence-corrected chi connectivity index (χ4v) is 4.78. The van der Waals surface area contributed by atoms with Crippen molar-refractivity contribution in [2.24, 2.45) is 0 Å². The van der Waals surface area contributed by atoms with E-state index in [1.165, 1.54) is 24.0 Å². The van der Waals surface area contributed by atoms with Crippen molar-refractivity contribution >= 4 is 46.1 Å². The summed E-state index contributed by atoms with van der Waals surface area (Å²) in [5.41, 5.74) is 2.94. The van der Waals surface area contributed by atoms with E-state index >= 15 is 0 Å². The van der Waals surface area contributed by atoms with E-state index in [0.29, 0.717) is 34.7 Å². The first kappa shape index (κ1) is 29.4. The van der Waals surface area contributed by atoms with E-state index in [1.54, 1.807) is 12.0 Å². The molecule has 0 amide bonds. The normalized spacial score (nSPS) is 12.0. The molecule has 9 heteroatoms. The number of rotatable bonds is 10. The maximum Gasteiger partial charge on any atom is 0.350 e. The molecule has 0 aliphatic carbocycles. The monoisotopic (exact) mass is 556 g/mol. The molecular formula is C29H36N2O5S2. The van der Waals surface area contributed by atoms with Crippen LogP contribution in [0.5, 0.6) is 11.5 Å². The van der Waals surface area contributed by atoms with Gasteiger partial charge in [-0.15, -0.1) is 11.3 Å². The lowest BCUT2D eigenvalue weighted by atomic mass is 9.87. The molecule has 204 valence electrons. The quantitative estimate of drug-likeness (QED) is 0.217. The summed E-state index contributed by atoms with van der Waals surface area (Å²) in [6, 6.07) is 17.5. The minimum Gasteiger partial charge on any atom is -0.491 e. The van der Waals surface area contributed by atoms with Crippen LogP contribution in [-0.4, -0.2) is 58.7 Å². The number of thiophene rings is 1. The van der Waals surface area contributed by atoms with Gasteiger partial charge in [0.1, 0.15) is 29.1 Å². The molecule has 0 aliphatic heterocycles. The summed E-state index contributed by atoms with van der Waals surface area (Å²) < 4.78 is 22.5. The van der Waals surface area contributed by atoms with Gasteiger partial charge < -0.3 is 28.7 Å². The van der Waals surface area contributed by atoms with Crippen LogP contribution in [0.15, 0.2) is 60.0 Å². The predicted molar refractivity (Wildman–Crippen MR) is 158 cm³/mol. The van der Waals surface area contributed by atoms with Crippen molar-refractivity contribution in [3.63, 3.8) is 0 Å². The zero-order chi connectivity index (χ0) is 27.9. The first-order valence-corrected chi connectivity index (χ1v) is 13.5. The van der Waals surface area contributed by atoms with E-state index in [0.717, 1.165) is 11.4 Å². The molecule has 38 heavy (non-hydrogen) atoms. The summed E-state index contributed by atoms with van der Waals surface area (Å²) in [6.07, 6.45) is -0.229. The van der Waals surface area contributed by atoms with Crippen LogP contribution < -0.4 is 19.3 Å². The van der Waals surface area contributed by atoms with E-state index in [-0.39, 0.29) is 17.5 Å². The van der Waals surface area contributed by atoms with Crippen molar-refractivity contribution in [2.75, 3.05) is 51.3 Å². The average molecular weight is 557 g/mol. The fraction of sp³-hybridized carbons (Fsp3) is 0.379. The minimum atomic E-state index is -0.350. The Bertz CT molecular complexity index is 1220. The van der Waals surface area contributed by atoms with Gasteiger partial charge in [0.25, 0.3) is 5.17 Å². The first-order valence-electron chi connectivity index (χ1n) is 12.2. The molecule has 1 unspecified atom stereocenters. The summed E-state index contributed by atoms with van der Waals surface area (Å²) >= 11 is 6.89. The minimum absolute atomic E-state index is 0.0728. The van der Waals surface area contributed by atoms with Gasteiger partial charge in [-0.25, -0.2) is 4.79 Å². The lowest BCUT2D eigenvalue weighted by Crippen LogP contribution is -2.35. The average Bonchev–Trinajstić information content (AvgIpc) is 3.40. The Hall–Kier alpha value is -3.14. The van der Waals surface area contributed by atoms with Crippen molar-refractivity contribution < 1.29 is 23.7 Å². The van der Waals surface area contributed by atoms with Gasteiger partial charge in [-0.2, -0.15) is 0 Å². The van der Waals surface area contributed by atoms with E-state index in [4.69, 9.17) is 31.2 Å². The lowest BCUT2D eigenvalue weighted by molar-refractivity contribution is 0.0601. The van der Waals surface area contributed by atoms with Gasteiger partial charge >= 0.3 is 5.97 Å². The second kappa shape index (κ2) is 13.1. The molecule has 1 atom stereocenters. The van der Waals surface area contributed by atoms with Crippen molar-refractivity contribution in [3.8, 4) is 11.5 Å².